The molecule has 3 rings (SSSR count). The monoisotopic (exact) mass is 355 g/mol. The average molecular weight is 355 g/mol. The van der Waals surface area contributed by atoms with E-state index in [2.05, 4.69) is 15.2 Å². The number of amides is 1. The molecule has 26 heavy (non-hydrogen) atoms. The number of methoxy groups -OCH3 is 1. The number of aromatic nitrogens is 1. The van der Waals surface area contributed by atoms with Crippen molar-refractivity contribution in [1.29, 1.82) is 0 Å². The van der Waals surface area contributed by atoms with Crippen molar-refractivity contribution >= 4 is 11.7 Å². The topological polar surface area (TPSA) is 63.7 Å². The molecular weight excluding hydrogens is 330 g/mol. The molecule has 0 saturated carbocycles. The van der Waals surface area contributed by atoms with E-state index in [-0.39, 0.29) is 12.5 Å². The predicted octanol–water partition coefficient (Wildman–Crippen LogP) is 2.69. The first-order valence-corrected chi connectivity index (χ1v) is 8.90. The SMILES string of the molecule is COc1cc(C)ccc1OCC(=O)NCc1ccnc(N2CCCC2)c1. The Morgan fingerprint density at radius 2 is 2.00 bits per heavy atom. The number of ether oxygens (including phenoxy) is 2. The van der Waals surface area contributed by atoms with Crippen LogP contribution in [0.1, 0.15) is 24.0 Å². The fourth-order valence-corrected chi connectivity index (χ4v) is 2.98. The summed E-state index contributed by atoms with van der Waals surface area (Å²) in [6.45, 7) is 4.48. The van der Waals surface area contributed by atoms with Crippen LogP contribution < -0.4 is 19.7 Å². The Hall–Kier alpha value is -2.76. The molecule has 1 aliphatic rings. The minimum absolute atomic E-state index is 0.0521. The zero-order valence-corrected chi connectivity index (χ0v) is 15.3. The molecule has 0 bridgehead atoms. The van der Waals surface area contributed by atoms with Gasteiger partial charge in [0.05, 0.1) is 7.11 Å². The van der Waals surface area contributed by atoms with Gasteiger partial charge >= 0.3 is 0 Å². The Morgan fingerprint density at radius 1 is 1.19 bits per heavy atom. The number of nitrogens with zero attached hydrogens (tertiary/aromatic N) is 2. The zero-order chi connectivity index (χ0) is 18.4. The van der Waals surface area contributed by atoms with Crippen LogP contribution in [-0.2, 0) is 11.3 Å². The van der Waals surface area contributed by atoms with E-state index < -0.39 is 0 Å². The molecular formula is C20H25N3O3. The first-order valence-electron chi connectivity index (χ1n) is 8.90. The summed E-state index contributed by atoms with van der Waals surface area (Å²) in [6.07, 6.45) is 4.22. The third-order valence-corrected chi connectivity index (χ3v) is 4.41. The van der Waals surface area contributed by atoms with Gasteiger partial charge in [-0.25, -0.2) is 4.98 Å². The minimum atomic E-state index is -0.174. The molecule has 6 heteroatoms. The summed E-state index contributed by atoms with van der Waals surface area (Å²) in [5.74, 6) is 2.00. The molecule has 1 aromatic carbocycles. The summed E-state index contributed by atoms with van der Waals surface area (Å²) in [5.41, 5.74) is 2.10. The smallest absolute Gasteiger partial charge is 0.258 e. The van der Waals surface area contributed by atoms with Crippen molar-refractivity contribution in [3.63, 3.8) is 0 Å². The molecule has 1 fully saturated rings. The number of pyridine rings is 1. The predicted molar refractivity (Wildman–Crippen MR) is 101 cm³/mol. The molecule has 1 aromatic heterocycles. The lowest BCUT2D eigenvalue weighted by Gasteiger charge is -2.17. The van der Waals surface area contributed by atoms with Gasteiger partial charge in [-0.2, -0.15) is 0 Å². The number of hydrogen-bond acceptors (Lipinski definition) is 5. The van der Waals surface area contributed by atoms with Gasteiger partial charge in [0.15, 0.2) is 18.1 Å². The highest BCUT2D eigenvalue weighted by Gasteiger charge is 2.14. The van der Waals surface area contributed by atoms with Crippen LogP contribution in [0.2, 0.25) is 0 Å². The summed E-state index contributed by atoms with van der Waals surface area (Å²) in [7, 11) is 1.59. The first kappa shape index (κ1) is 18.0. The van der Waals surface area contributed by atoms with Crippen LogP contribution in [0.4, 0.5) is 5.82 Å². The second-order valence-electron chi connectivity index (χ2n) is 6.44. The molecule has 1 aliphatic heterocycles. The van der Waals surface area contributed by atoms with E-state index in [4.69, 9.17) is 9.47 Å². The van der Waals surface area contributed by atoms with Gasteiger partial charge in [-0.1, -0.05) is 6.07 Å². The second-order valence-corrected chi connectivity index (χ2v) is 6.44. The standard InChI is InChI=1S/C20H25N3O3/c1-15-5-6-17(18(11-15)25-2)26-14-20(24)22-13-16-7-8-21-19(12-16)23-9-3-4-10-23/h5-8,11-12H,3-4,9-10,13-14H2,1-2H3,(H,22,24). The van der Waals surface area contributed by atoms with E-state index in [0.29, 0.717) is 18.0 Å². The largest absolute Gasteiger partial charge is 0.493 e. The highest BCUT2D eigenvalue weighted by molar-refractivity contribution is 5.77. The molecule has 1 amide bonds. The van der Waals surface area contributed by atoms with Crippen LogP contribution in [0, 0.1) is 6.92 Å². The number of carbonyl (C=O) groups excluding carboxylic acids is 1. The van der Waals surface area contributed by atoms with E-state index in [1.165, 1.54) is 12.8 Å². The van der Waals surface area contributed by atoms with Crippen LogP contribution >= 0.6 is 0 Å². The fourth-order valence-electron chi connectivity index (χ4n) is 2.98. The molecule has 0 aliphatic carbocycles. The summed E-state index contributed by atoms with van der Waals surface area (Å²) < 4.78 is 10.9. The Bertz CT molecular complexity index is 758. The number of aryl methyl sites for hydroxylation is 1. The van der Waals surface area contributed by atoms with Gasteiger partial charge in [0.1, 0.15) is 5.82 Å². The lowest BCUT2D eigenvalue weighted by Crippen LogP contribution is -2.28. The number of benzene rings is 1. The number of hydrogen-bond donors (Lipinski definition) is 1. The average Bonchev–Trinajstić information content (AvgIpc) is 3.20. The van der Waals surface area contributed by atoms with E-state index in [0.717, 1.165) is 30.0 Å². The van der Waals surface area contributed by atoms with E-state index in [9.17, 15) is 4.79 Å². The summed E-state index contributed by atoms with van der Waals surface area (Å²) in [6, 6.07) is 9.57. The Kier molecular flexibility index (Phi) is 5.94. The highest BCUT2D eigenvalue weighted by atomic mass is 16.5. The Balaban J connectivity index is 1.50. The van der Waals surface area contributed by atoms with Crippen LogP contribution in [0.5, 0.6) is 11.5 Å². The third-order valence-electron chi connectivity index (χ3n) is 4.41. The van der Waals surface area contributed by atoms with Crippen molar-refractivity contribution in [3.8, 4) is 11.5 Å². The van der Waals surface area contributed by atoms with E-state index in [1.807, 2.05) is 37.3 Å². The Morgan fingerprint density at radius 3 is 2.77 bits per heavy atom. The van der Waals surface area contributed by atoms with Crippen molar-refractivity contribution in [1.82, 2.24) is 10.3 Å². The third kappa shape index (κ3) is 4.65. The maximum Gasteiger partial charge on any atom is 0.258 e. The zero-order valence-electron chi connectivity index (χ0n) is 15.3. The summed E-state index contributed by atoms with van der Waals surface area (Å²) in [4.78, 5) is 18.8. The lowest BCUT2D eigenvalue weighted by molar-refractivity contribution is -0.123. The van der Waals surface area contributed by atoms with Crippen molar-refractivity contribution in [2.75, 3.05) is 31.7 Å². The van der Waals surface area contributed by atoms with Crippen LogP contribution in [0.25, 0.3) is 0 Å². The molecule has 138 valence electrons. The van der Waals surface area contributed by atoms with Gasteiger partial charge < -0.3 is 19.7 Å². The summed E-state index contributed by atoms with van der Waals surface area (Å²) >= 11 is 0. The maximum absolute atomic E-state index is 12.1. The molecule has 0 unspecified atom stereocenters. The molecule has 1 saturated heterocycles. The number of carbonyl (C=O) groups is 1. The molecule has 0 radical (unpaired) electrons. The van der Waals surface area contributed by atoms with Crippen LogP contribution in [0.3, 0.4) is 0 Å². The van der Waals surface area contributed by atoms with Crippen molar-refractivity contribution < 1.29 is 14.3 Å². The molecule has 1 N–H and O–H groups in total. The number of rotatable bonds is 7. The quantitative estimate of drug-likeness (QED) is 0.827. The van der Waals surface area contributed by atoms with E-state index >= 15 is 0 Å². The number of anilines is 1. The van der Waals surface area contributed by atoms with Gasteiger partial charge in [0.25, 0.3) is 5.91 Å². The van der Waals surface area contributed by atoms with Gasteiger partial charge in [-0.05, 0) is 55.2 Å². The summed E-state index contributed by atoms with van der Waals surface area (Å²) in [5, 5.41) is 2.88. The normalized spacial score (nSPS) is 13.5. The van der Waals surface area contributed by atoms with Crippen molar-refractivity contribution in [2.24, 2.45) is 0 Å². The van der Waals surface area contributed by atoms with Gasteiger partial charge in [0, 0.05) is 25.8 Å². The van der Waals surface area contributed by atoms with E-state index in [1.54, 1.807) is 13.3 Å². The van der Waals surface area contributed by atoms with Gasteiger partial charge in [-0.15, -0.1) is 0 Å². The Labute approximate surface area is 154 Å². The van der Waals surface area contributed by atoms with Crippen molar-refractivity contribution in [2.45, 2.75) is 26.3 Å². The lowest BCUT2D eigenvalue weighted by atomic mass is 10.2. The maximum atomic E-state index is 12.1. The second kappa shape index (κ2) is 8.56. The van der Waals surface area contributed by atoms with Gasteiger partial charge in [-0.3, -0.25) is 4.79 Å². The first-order chi connectivity index (χ1) is 12.7. The molecule has 0 spiro atoms. The van der Waals surface area contributed by atoms with Crippen LogP contribution in [-0.4, -0.2) is 37.7 Å². The van der Waals surface area contributed by atoms with Crippen LogP contribution in [0.15, 0.2) is 36.5 Å². The van der Waals surface area contributed by atoms with Gasteiger partial charge in [0.2, 0.25) is 0 Å². The molecule has 0 atom stereocenters. The molecule has 6 nitrogen and oxygen atoms in total. The highest BCUT2D eigenvalue weighted by Crippen LogP contribution is 2.27. The molecule has 2 heterocycles. The minimum Gasteiger partial charge on any atom is -0.493 e. The molecule has 2 aromatic rings. The fraction of sp³-hybridized carbons (Fsp3) is 0.400. The number of nitrogens with one attached hydrogen (secondary N) is 1. The van der Waals surface area contributed by atoms with Crippen molar-refractivity contribution in [3.05, 3.63) is 47.7 Å².